The normalized spacial score (nSPS) is 31.7. The summed E-state index contributed by atoms with van der Waals surface area (Å²) in [5.41, 5.74) is 1.74. The first kappa shape index (κ1) is 17.8. The second-order valence-electron chi connectivity index (χ2n) is 8.83. The minimum absolute atomic E-state index is 0.0111. The van der Waals surface area contributed by atoms with E-state index in [0.29, 0.717) is 17.1 Å². The van der Waals surface area contributed by atoms with Gasteiger partial charge in [-0.1, -0.05) is 17.7 Å². The van der Waals surface area contributed by atoms with Crippen LogP contribution in [-0.4, -0.2) is 18.4 Å². The largest absolute Gasteiger partial charge is 0.347 e. The van der Waals surface area contributed by atoms with Gasteiger partial charge < -0.3 is 10.6 Å². The van der Waals surface area contributed by atoms with Crippen molar-refractivity contribution in [1.82, 2.24) is 5.32 Å². The van der Waals surface area contributed by atoms with Crippen molar-refractivity contribution in [3.8, 4) is 0 Å². The van der Waals surface area contributed by atoms with Gasteiger partial charge in [-0.25, -0.2) is 0 Å². The van der Waals surface area contributed by atoms with Crippen LogP contribution in [0.25, 0.3) is 0 Å². The minimum atomic E-state index is -0.214. The number of carbonyl (C=O) groups is 2. The fraction of sp³-hybridized carbons (Fsp3) is 0.619. The van der Waals surface area contributed by atoms with Gasteiger partial charge in [-0.15, -0.1) is 0 Å². The zero-order chi connectivity index (χ0) is 18.3. The first-order valence-electron chi connectivity index (χ1n) is 9.74. The summed E-state index contributed by atoms with van der Waals surface area (Å²) in [6.45, 7) is 1.88. The second-order valence-corrected chi connectivity index (χ2v) is 9.24. The molecule has 5 rings (SSSR count). The summed E-state index contributed by atoms with van der Waals surface area (Å²) in [7, 11) is 0. The summed E-state index contributed by atoms with van der Waals surface area (Å²) >= 11 is 6.08. The highest BCUT2D eigenvalue weighted by molar-refractivity contribution is 6.31. The Hall–Kier alpha value is -1.55. The van der Waals surface area contributed by atoms with Gasteiger partial charge in [0.05, 0.1) is 6.54 Å². The number of rotatable bonds is 5. The molecule has 0 aliphatic heterocycles. The highest BCUT2D eigenvalue weighted by atomic mass is 35.5. The molecule has 0 spiro atoms. The summed E-state index contributed by atoms with van der Waals surface area (Å²) < 4.78 is 0. The van der Waals surface area contributed by atoms with E-state index < -0.39 is 0 Å². The fourth-order valence-corrected chi connectivity index (χ4v) is 6.20. The Morgan fingerprint density at radius 2 is 1.69 bits per heavy atom. The van der Waals surface area contributed by atoms with Crippen molar-refractivity contribution in [2.45, 2.75) is 51.9 Å². The Morgan fingerprint density at radius 3 is 2.31 bits per heavy atom. The van der Waals surface area contributed by atoms with Crippen molar-refractivity contribution in [1.29, 1.82) is 0 Å². The molecule has 0 aromatic heterocycles. The predicted molar refractivity (Wildman–Crippen MR) is 103 cm³/mol. The van der Waals surface area contributed by atoms with Crippen LogP contribution in [0, 0.1) is 30.1 Å². The lowest BCUT2D eigenvalue weighted by Crippen LogP contribution is -2.48. The number of anilines is 1. The lowest BCUT2D eigenvalue weighted by Gasteiger charge is -2.56. The number of carbonyl (C=O) groups excluding carboxylic acids is 2. The van der Waals surface area contributed by atoms with Crippen LogP contribution >= 0.6 is 11.6 Å². The van der Waals surface area contributed by atoms with Gasteiger partial charge in [0.1, 0.15) is 0 Å². The third-order valence-corrected chi connectivity index (χ3v) is 7.10. The monoisotopic (exact) mass is 374 g/mol. The highest BCUT2D eigenvalue weighted by Gasteiger charge is 2.51. The van der Waals surface area contributed by atoms with Crippen LogP contribution in [0.4, 0.5) is 5.69 Å². The Kier molecular flexibility index (Phi) is 4.72. The average molecular weight is 375 g/mol. The topological polar surface area (TPSA) is 58.2 Å². The van der Waals surface area contributed by atoms with Crippen molar-refractivity contribution in [3.05, 3.63) is 28.8 Å². The van der Waals surface area contributed by atoms with Crippen molar-refractivity contribution >= 4 is 29.1 Å². The van der Waals surface area contributed by atoms with Crippen LogP contribution < -0.4 is 10.6 Å². The Bertz CT molecular complexity index is 695. The van der Waals surface area contributed by atoms with E-state index in [4.69, 9.17) is 11.6 Å². The molecule has 4 fully saturated rings. The SMILES string of the molecule is Cc1c(Cl)cccc1NC(=O)CNC(=O)CC12CC3CC(CC(C3)C1)C2. The number of amides is 2. The second kappa shape index (κ2) is 6.88. The molecular formula is C21H27ClN2O2. The molecule has 4 aliphatic rings. The first-order chi connectivity index (χ1) is 12.4. The number of benzene rings is 1. The minimum Gasteiger partial charge on any atom is -0.347 e. The maximum Gasteiger partial charge on any atom is 0.243 e. The molecule has 140 valence electrons. The van der Waals surface area contributed by atoms with Gasteiger partial charge in [0, 0.05) is 17.1 Å². The van der Waals surface area contributed by atoms with Crippen LogP contribution in [0.5, 0.6) is 0 Å². The van der Waals surface area contributed by atoms with Gasteiger partial charge in [0.25, 0.3) is 0 Å². The summed E-state index contributed by atoms with van der Waals surface area (Å²) in [5.74, 6) is 2.31. The Labute approximate surface area is 160 Å². The van der Waals surface area contributed by atoms with E-state index in [1.807, 2.05) is 13.0 Å². The van der Waals surface area contributed by atoms with E-state index in [-0.39, 0.29) is 23.8 Å². The van der Waals surface area contributed by atoms with Crippen molar-refractivity contribution in [3.63, 3.8) is 0 Å². The maximum absolute atomic E-state index is 12.5. The van der Waals surface area contributed by atoms with Crippen LogP contribution in [0.2, 0.25) is 5.02 Å². The van der Waals surface area contributed by atoms with E-state index >= 15 is 0 Å². The molecule has 26 heavy (non-hydrogen) atoms. The Balaban J connectivity index is 1.29. The van der Waals surface area contributed by atoms with Crippen molar-refractivity contribution in [2.24, 2.45) is 23.2 Å². The van der Waals surface area contributed by atoms with Gasteiger partial charge in [-0.2, -0.15) is 0 Å². The molecule has 0 unspecified atom stereocenters. The third kappa shape index (κ3) is 3.62. The number of hydrogen-bond acceptors (Lipinski definition) is 2. The molecule has 4 saturated carbocycles. The molecular weight excluding hydrogens is 348 g/mol. The molecule has 0 radical (unpaired) electrons. The predicted octanol–water partition coefficient (Wildman–Crippen LogP) is 4.31. The summed E-state index contributed by atoms with van der Waals surface area (Å²) in [6, 6.07) is 5.41. The fourth-order valence-electron chi connectivity index (χ4n) is 6.03. The van der Waals surface area contributed by atoms with Gasteiger partial charge in [-0.3, -0.25) is 9.59 Å². The standard InChI is InChI=1S/C21H27ClN2O2/c1-13-17(22)3-2-4-18(13)24-20(26)12-23-19(25)11-21-8-14-5-15(9-21)7-16(6-14)10-21/h2-4,14-16H,5-12H2,1H3,(H,23,25)(H,24,26). The van der Waals surface area contributed by atoms with Gasteiger partial charge >= 0.3 is 0 Å². The average Bonchev–Trinajstić information content (AvgIpc) is 2.55. The number of halogens is 1. The zero-order valence-corrected chi connectivity index (χ0v) is 16.1. The number of nitrogens with one attached hydrogen (secondary N) is 2. The molecule has 2 N–H and O–H groups in total. The highest BCUT2D eigenvalue weighted by Crippen LogP contribution is 2.61. The Morgan fingerprint density at radius 1 is 1.08 bits per heavy atom. The van der Waals surface area contributed by atoms with E-state index in [9.17, 15) is 9.59 Å². The molecule has 5 heteroatoms. The van der Waals surface area contributed by atoms with Crippen molar-refractivity contribution < 1.29 is 9.59 Å². The molecule has 4 nitrogen and oxygen atoms in total. The lowest BCUT2D eigenvalue weighted by atomic mass is 9.49. The number of hydrogen-bond donors (Lipinski definition) is 2. The summed E-state index contributed by atoms with van der Waals surface area (Å²) in [6.07, 6.45) is 8.34. The van der Waals surface area contributed by atoms with Gasteiger partial charge in [0.2, 0.25) is 11.8 Å². The first-order valence-corrected chi connectivity index (χ1v) is 10.1. The van der Waals surface area contributed by atoms with E-state index in [2.05, 4.69) is 10.6 Å². The van der Waals surface area contributed by atoms with Crippen LogP contribution in [0.1, 0.15) is 50.5 Å². The smallest absolute Gasteiger partial charge is 0.243 e. The summed E-state index contributed by atoms with van der Waals surface area (Å²) in [4.78, 5) is 24.7. The molecule has 4 aliphatic carbocycles. The summed E-state index contributed by atoms with van der Waals surface area (Å²) in [5, 5.41) is 6.27. The molecule has 0 heterocycles. The van der Waals surface area contributed by atoms with Gasteiger partial charge in [-0.05, 0) is 86.3 Å². The third-order valence-electron chi connectivity index (χ3n) is 6.69. The van der Waals surface area contributed by atoms with Crippen LogP contribution in [0.15, 0.2) is 18.2 Å². The van der Waals surface area contributed by atoms with E-state index in [0.717, 1.165) is 23.3 Å². The van der Waals surface area contributed by atoms with Gasteiger partial charge in [0.15, 0.2) is 0 Å². The van der Waals surface area contributed by atoms with E-state index in [1.165, 1.54) is 38.5 Å². The maximum atomic E-state index is 12.5. The molecule has 1 aromatic carbocycles. The lowest BCUT2D eigenvalue weighted by molar-refractivity contribution is -0.131. The molecule has 0 saturated heterocycles. The molecule has 0 atom stereocenters. The van der Waals surface area contributed by atoms with Crippen molar-refractivity contribution in [2.75, 3.05) is 11.9 Å². The van der Waals surface area contributed by atoms with E-state index in [1.54, 1.807) is 12.1 Å². The zero-order valence-electron chi connectivity index (χ0n) is 15.3. The molecule has 1 aromatic rings. The molecule has 2 amide bonds. The quantitative estimate of drug-likeness (QED) is 0.806. The van der Waals surface area contributed by atoms with Crippen LogP contribution in [0.3, 0.4) is 0 Å². The van der Waals surface area contributed by atoms with Crippen LogP contribution in [-0.2, 0) is 9.59 Å². The molecule has 4 bridgehead atoms.